The molecular formula is C23H25NO5. The number of hydrogen-bond acceptors (Lipinski definition) is 6. The Morgan fingerprint density at radius 1 is 1.07 bits per heavy atom. The number of nitrogens with one attached hydrogen (secondary N) is 1. The minimum Gasteiger partial charge on any atom is -0.497 e. The predicted octanol–water partition coefficient (Wildman–Crippen LogP) is 4.88. The Morgan fingerprint density at radius 2 is 1.86 bits per heavy atom. The molecule has 0 radical (unpaired) electrons. The van der Waals surface area contributed by atoms with Crippen molar-refractivity contribution in [2.75, 3.05) is 14.2 Å². The Bertz CT molecular complexity index is 948. The zero-order chi connectivity index (χ0) is 20.8. The first-order chi connectivity index (χ1) is 14.0. The lowest BCUT2D eigenvalue weighted by molar-refractivity contribution is 0.0923. The molecule has 0 spiro atoms. The first kappa shape index (κ1) is 20.3. The van der Waals surface area contributed by atoms with E-state index >= 15 is 0 Å². The largest absolute Gasteiger partial charge is 0.513 e. The average Bonchev–Trinajstić information content (AvgIpc) is 2.74. The number of ether oxygens (including phenoxy) is 4. The van der Waals surface area contributed by atoms with E-state index in [1.165, 1.54) is 7.11 Å². The van der Waals surface area contributed by atoms with Gasteiger partial charge in [0.15, 0.2) is 0 Å². The molecule has 1 atom stereocenters. The highest BCUT2D eigenvalue weighted by Gasteiger charge is 2.28. The van der Waals surface area contributed by atoms with Crippen LogP contribution < -0.4 is 14.8 Å². The minimum absolute atomic E-state index is 0.281. The molecule has 1 N–H and O–H groups in total. The monoisotopic (exact) mass is 395 g/mol. The second kappa shape index (κ2) is 9.19. The fourth-order valence-electron chi connectivity index (χ4n) is 3.25. The molecule has 0 fully saturated rings. The molecule has 0 aromatic heterocycles. The molecule has 0 saturated carbocycles. The Labute approximate surface area is 170 Å². The number of para-hydroxylation sites is 1. The molecule has 0 bridgehead atoms. The van der Waals surface area contributed by atoms with Crippen molar-refractivity contribution in [1.29, 1.82) is 0 Å². The van der Waals surface area contributed by atoms with Gasteiger partial charge in [-0.3, -0.25) is 0 Å². The van der Waals surface area contributed by atoms with E-state index in [1.807, 2.05) is 68.5 Å². The summed E-state index contributed by atoms with van der Waals surface area (Å²) >= 11 is 0. The van der Waals surface area contributed by atoms with Gasteiger partial charge < -0.3 is 24.3 Å². The topological polar surface area (TPSA) is 66.0 Å². The fraction of sp³-hybridized carbons (Fsp3) is 0.261. The summed E-state index contributed by atoms with van der Waals surface area (Å²) in [6, 6.07) is 15.5. The van der Waals surface area contributed by atoms with Crippen LogP contribution in [-0.4, -0.2) is 20.4 Å². The SMILES string of the molecule is COC(=O)OC1=C(C)NC(C)=CC1c1ccccc1OCc1cccc(OC)c1. The summed E-state index contributed by atoms with van der Waals surface area (Å²) in [5, 5.41) is 3.20. The van der Waals surface area contributed by atoms with Gasteiger partial charge in [-0.05, 0) is 37.6 Å². The summed E-state index contributed by atoms with van der Waals surface area (Å²) < 4.78 is 21.5. The van der Waals surface area contributed by atoms with Crippen LogP contribution in [0.1, 0.15) is 30.9 Å². The lowest BCUT2D eigenvalue weighted by atomic mass is 9.92. The molecule has 6 nitrogen and oxygen atoms in total. The van der Waals surface area contributed by atoms with Crippen molar-refractivity contribution < 1.29 is 23.7 Å². The molecule has 152 valence electrons. The number of carbonyl (C=O) groups is 1. The maximum atomic E-state index is 11.8. The van der Waals surface area contributed by atoms with Crippen molar-refractivity contribution in [1.82, 2.24) is 5.32 Å². The Kier molecular flexibility index (Phi) is 6.44. The first-order valence-electron chi connectivity index (χ1n) is 9.28. The van der Waals surface area contributed by atoms with Gasteiger partial charge >= 0.3 is 6.16 Å². The van der Waals surface area contributed by atoms with E-state index in [1.54, 1.807) is 7.11 Å². The summed E-state index contributed by atoms with van der Waals surface area (Å²) in [5.41, 5.74) is 3.61. The zero-order valence-electron chi connectivity index (χ0n) is 17.0. The van der Waals surface area contributed by atoms with Gasteiger partial charge in [0, 0.05) is 11.3 Å². The van der Waals surface area contributed by atoms with Gasteiger partial charge in [0.1, 0.15) is 23.9 Å². The van der Waals surface area contributed by atoms with Gasteiger partial charge in [0.25, 0.3) is 0 Å². The van der Waals surface area contributed by atoms with Crippen LogP contribution in [0.3, 0.4) is 0 Å². The van der Waals surface area contributed by atoms with E-state index in [4.69, 9.17) is 14.2 Å². The number of allylic oxidation sites excluding steroid dienone is 3. The standard InChI is InChI=1S/C23H25NO5/c1-15-12-20(22(16(2)24-15)29-23(25)27-4)19-10-5-6-11-21(19)28-14-17-8-7-9-18(13-17)26-3/h5-13,20,24H,14H2,1-4H3. The van der Waals surface area contributed by atoms with Crippen LogP contribution in [0.5, 0.6) is 11.5 Å². The van der Waals surface area contributed by atoms with E-state index in [9.17, 15) is 4.79 Å². The van der Waals surface area contributed by atoms with Crippen LogP contribution in [0.15, 0.2) is 71.8 Å². The molecule has 3 rings (SSSR count). The van der Waals surface area contributed by atoms with Gasteiger partial charge in [0.2, 0.25) is 0 Å². The van der Waals surface area contributed by atoms with Crippen LogP contribution in [-0.2, 0) is 16.1 Å². The quantitative estimate of drug-likeness (QED) is 0.703. The maximum absolute atomic E-state index is 11.8. The average molecular weight is 395 g/mol. The Morgan fingerprint density at radius 3 is 2.62 bits per heavy atom. The molecule has 1 aliphatic rings. The zero-order valence-corrected chi connectivity index (χ0v) is 17.0. The number of benzene rings is 2. The van der Waals surface area contributed by atoms with Gasteiger partial charge in [-0.25, -0.2) is 4.79 Å². The van der Waals surface area contributed by atoms with Crippen molar-refractivity contribution >= 4 is 6.16 Å². The van der Waals surface area contributed by atoms with Crippen molar-refractivity contribution in [2.45, 2.75) is 26.4 Å². The molecule has 2 aromatic rings. The van der Waals surface area contributed by atoms with Crippen LogP contribution in [0.2, 0.25) is 0 Å². The van der Waals surface area contributed by atoms with E-state index < -0.39 is 6.16 Å². The third-order valence-electron chi connectivity index (χ3n) is 4.60. The van der Waals surface area contributed by atoms with Gasteiger partial charge in [-0.15, -0.1) is 0 Å². The van der Waals surface area contributed by atoms with Crippen LogP contribution in [0.25, 0.3) is 0 Å². The van der Waals surface area contributed by atoms with Crippen molar-refractivity contribution in [2.24, 2.45) is 0 Å². The highest BCUT2D eigenvalue weighted by Crippen LogP contribution is 2.38. The molecule has 6 heteroatoms. The van der Waals surface area contributed by atoms with Crippen molar-refractivity contribution in [3.05, 3.63) is 82.9 Å². The third kappa shape index (κ3) is 4.90. The molecular weight excluding hydrogens is 370 g/mol. The number of methoxy groups -OCH3 is 2. The van der Waals surface area contributed by atoms with E-state index in [-0.39, 0.29) is 5.92 Å². The normalized spacial score (nSPS) is 15.9. The van der Waals surface area contributed by atoms with Gasteiger partial charge in [-0.2, -0.15) is 0 Å². The lowest BCUT2D eigenvalue weighted by Crippen LogP contribution is -2.23. The van der Waals surface area contributed by atoms with Crippen LogP contribution in [0.4, 0.5) is 4.79 Å². The molecule has 1 heterocycles. The molecule has 29 heavy (non-hydrogen) atoms. The number of hydrogen-bond donors (Lipinski definition) is 1. The molecule has 0 aliphatic carbocycles. The van der Waals surface area contributed by atoms with Gasteiger partial charge in [0.05, 0.1) is 25.8 Å². The number of rotatable bonds is 6. The molecule has 2 aromatic carbocycles. The smallest absolute Gasteiger partial charge is 0.497 e. The van der Waals surface area contributed by atoms with Crippen LogP contribution in [0, 0.1) is 0 Å². The summed E-state index contributed by atoms with van der Waals surface area (Å²) in [4.78, 5) is 11.8. The van der Waals surface area contributed by atoms with Crippen LogP contribution >= 0.6 is 0 Å². The highest BCUT2D eigenvalue weighted by atomic mass is 16.7. The van der Waals surface area contributed by atoms with E-state index in [0.717, 1.165) is 28.3 Å². The molecule has 1 aliphatic heterocycles. The number of dihydropyridines is 1. The van der Waals surface area contributed by atoms with Gasteiger partial charge in [-0.1, -0.05) is 36.4 Å². The summed E-state index contributed by atoms with van der Waals surface area (Å²) in [6.07, 6.45) is 1.24. The third-order valence-corrected chi connectivity index (χ3v) is 4.60. The molecule has 1 unspecified atom stereocenters. The van der Waals surface area contributed by atoms with Crippen molar-refractivity contribution in [3.8, 4) is 11.5 Å². The Hall–Kier alpha value is -3.41. The van der Waals surface area contributed by atoms with E-state index in [2.05, 4.69) is 10.1 Å². The Balaban J connectivity index is 1.89. The first-order valence-corrected chi connectivity index (χ1v) is 9.28. The lowest BCUT2D eigenvalue weighted by Gasteiger charge is -2.27. The highest BCUT2D eigenvalue weighted by molar-refractivity contribution is 5.62. The second-order valence-electron chi connectivity index (χ2n) is 6.68. The fourth-order valence-corrected chi connectivity index (χ4v) is 3.25. The predicted molar refractivity (Wildman–Crippen MR) is 110 cm³/mol. The maximum Gasteiger partial charge on any atom is 0.513 e. The van der Waals surface area contributed by atoms with Crippen molar-refractivity contribution in [3.63, 3.8) is 0 Å². The summed E-state index contributed by atoms with van der Waals surface area (Å²) in [7, 11) is 2.92. The molecule has 0 amide bonds. The van der Waals surface area contributed by atoms with E-state index in [0.29, 0.717) is 18.1 Å². The summed E-state index contributed by atoms with van der Waals surface area (Å²) in [5.74, 6) is 1.70. The molecule has 0 saturated heterocycles. The summed E-state index contributed by atoms with van der Waals surface area (Å²) in [6.45, 7) is 4.21. The second-order valence-corrected chi connectivity index (χ2v) is 6.68. The minimum atomic E-state index is -0.756. The number of carbonyl (C=O) groups excluding carboxylic acids is 1.